The quantitative estimate of drug-likeness (QED) is 0.229. The minimum absolute atomic E-state index is 0.358. The van der Waals surface area contributed by atoms with Gasteiger partial charge in [0, 0.05) is 0 Å². The van der Waals surface area contributed by atoms with Crippen LogP contribution in [0.2, 0.25) is 0 Å². The average molecular weight is 364 g/mol. The van der Waals surface area contributed by atoms with Crippen molar-refractivity contribution < 1.29 is 26.3 Å². The zero-order valence-corrected chi connectivity index (χ0v) is 13.0. The summed E-state index contributed by atoms with van der Waals surface area (Å²) in [5.74, 6) is 0. The van der Waals surface area contributed by atoms with Crippen molar-refractivity contribution in [2.75, 3.05) is 0 Å². The number of fused-ring (bicyclic) bond motifs is 5. The van der Waals surface area contributed by atoms with Gasteiger partial charge in [0.1, 0.15) is 0 Å². The Kier molecular flexibility index (Phi) is 3.45. The first-order chi connectivity index (χ1) is 12.1. The van der Waals surface area contributed by atoms with Crippen LogP contribution in [0.3, 0.4) is 0 Å². The van der Waals surface area contributed by atoms with Crippen LogP contribution in [0.4, 0.5) is 26.3 Å². The third-order valence-electron chi connectivity index (χ3n) is 4.49. The van der Waals surface area contributed by atoms with Crippen molar-refractivity contribution in [1.29, 1.82) is 0 Å². The molecule has 0 spiro atoms. The van der Waals surface area contributed by atoms with E-state index in [-0.39, 0.29) is 0 Å². The molecule has 0 saturated heterocycles. The lowest BCUT2D eigenvalue weighted by molar-refractivity contribution is -0.138. The van der Waals surface area contributed by atoms with Gasteiger partial charge in [0.15, 0.2) is 0 Å². The van der Waals surface area contributed by atoms with E-state index >= 15 is 0 Å². The summed E-state index contributed by atoms with van der Waals surface area (Å²) in [6, 6.07) is 13.3. The van der Waals surface area contributed by atoms with Crippen molar-refractivity contribution >= 4 is 32.3 Å². The van der Waals surface area contributed by atoms with E-state index in [0.717, 1.165) is 24.3 Å². The molecule has 4 aromatic rings. The Balaban J connectivity index is 2.09. The summed E-state index contributed by atoms with van der Waals surface area (Å²) in [6.45, 7) is 0. The van der Waals surface area contributed by atoms with E-state index in [9.17, 15) is 26.3 Å². The highest BCUT2D eigenvalue weighted by Crippen LogP contribution is 2.38. The van der Waals surface area contributed by atoms with Crippen LogP contribution in [0, 0.1) is 0 Å². The van der Waals surface area contributed by atoms with Crippen molar-refractivity contribution in [1.82, 2.24) is 0 Å². The third kappa shape index (κ3) is 2.66. The van der Waals surface area contributed by atoms with E-state index in [1.54, 1.807) is 24.3 Å². The molecule has 0 aliphatic rings. The molecule has 0 heterocycles. The maximum Gasteiger partial charge on any atom is 0.416 e. The zero-order chi connectivity index (χ0) is 18.7. The molecule has 0 atom stereocenters. The molecule has 0 nitrogen and oxygen atoms in total. The van der Waals surface area contributed by atoms with Gasteiger partial charge >= 0.3 is 12.4 Å². The second-order valence-electron chi connectivity index (χ2n) is 6.09. The monoisotopic (exact) mass is 364 g/mol. The number of rotatable bonds is 0. The van der Waals surface area contributed by atoms with Gasteiger partial charge in [0.2, 0.25) is 0 Å². The summed E-state index contributed by atoms with van der Waals surface area (Å²) in [6.07, 6.45) is -8.98. The Morgan fingerprint density at radius 1 is 0.423 bits per heavy atom. The summed E-state index contributed by atoms with van der Waals surface area (Å²) in [5, 5.41) is 2.88. The van der Waals surface area contributed by atoms with Crippen molar-refractivity contribution in [3.63, 3.8) is 0 Å². The molecule has 4 aromatic carbocycles. The van der Waals surface area contributed by atoms with E-state index in [1.165, 1.54) is 12.1 Å². The van der Waals surface area contributed by atoms with Crippen molar-refractivity contribution in [2.24, 2.45) is 0 Å². The molecule has 0 unspecified atom stereocenters. The topological polar surface area (TPSA) is 0 Å². The lowest BCUT2D eigenvalue weighted by Gasteiger charge is -2.12. The molecule has 132 valence electrons. The molecule has 4 rings (SSSR count). The van der Waals surface area contributed by atoms with Crippen LogP contribution in [0.5, 0.6) is 0 Å². The molecule has 0 aromatic heterocycles. The summed E-state index contributed by atoms with van der Waals surface area (Å²) < 4.78 is 78.2. The van der Waals surface area contributed by atoms with Gasteiger partial charge in [-0.15, -0.1) is 0 Å². The van der Waals surface area contributed by atoms with Gasteiger partial charge < -0.3 is 0 Å². The zero-order valence-electron chi connectivity index (χ0n) is 13.0. The predicted molar refractivity (Wildman–Crippen MR) is 89.0 cm³/mol. The van der Waals surface area contributed by atoms with E-state index in [0.29, 0.717) is 32.3 Å². The first-order valence-electron chi connectivity index (χ1n) is 7.68. The fourth-order valence-corrected chi connectivity index (χ4v) is 3.22. The summed E-state index contributed by atoms with van der Waals surface area (Å²) in [7, 11) is 0. The van der Waals surface area contributed by atoms with Crippen LogP contribution in [0.1, 0.15) is 11.1 Å². The Morgan fingerprint density at radius 2 is 0.769 bits per heavy atom. The van der Waals surface area contributed by atoms with Crippen LogP contribution in [-0.2, 0) is 12.4 Å². The summed E-state index contributed by atoms with van der Waals surface area (Å²) in [4.78, 5) is 0. The molecule has 0 bridgehead atoms. The van der Waals surface area contributed by atoms with Gasteiger partial charge in [-0.2, -0.15) is 26.3 Å². The maximum atomic E-state index is 13.0. The highest BCUT2D eigenvalue weighted by molar-refractivity contribution is 6.17. The number of hydrogen-bond acceptors (Lipinski definition) is 0. The Labute approximate surface area is 143 Å². The minimum atomic E-state index is -4.49. The van der Waals surface area contributed by atoms with Crippen molar-refractivity contribution in [2.45, 2.75) is 12.4 Å². The molecule has 0 radical (unpaired) electrons. The predicted octanol–water partition coefficient (Wildman–Crippen LogP) is 7.18. The molecule has 6 heteroatoms. The van der Waals surface area contributed by atoms with Gasteiger partial charge in [-0.1, -0.05) is 36.4 Å². The second kappa shape index (κ2) is 5.37. The van der Waals surface area contributed by atoms with Crippen LogP contribution < -0.4 is 0 Å². The molecule has 0 saturated carbocycles. The van der Waals surface area contributed by atoms with Crippen molar-refractivity contribution in [3.8, 4) is 0 Å². The largest absolute Gasteiger partial charge is 0.416 e. The SMILES string of the molecule is FC(F)(F)c1ccc2ccc3c4cc(C(F)(F)F)ccc4ccc3c2c1. The Morgan fingerprint density at radius 3 is 1.12 bits per heavy atom. The third-order valence-corrected chi connectivity index (χ3v) is 4.49. The highest BCUT2D eigenvalue weighted by atomic mass is 19.4. The average Bonchev–Trinajstić information content (AvgIpc) is 2.58. The molecular weight excluding hydrogens is 354 g/mol. The standard InChI is InChI=1S/C20H10F6/c21-19(22,23)13-5-1-11-3-7-16-15(17(11)9-13)8-4-12-2-6-14(10-18(12)16)20(24,25)26/h1-10H. The minimum Gasteiger partial charge on any atom is -0.166 e. The number of hydrogen-bond donors (Lipinski definition) is 0. The molecule has 0 fully saturated rings. The molecule has 0 N–H and O–H groups in total. The maximum absolute atomic E-state index is 13.0. The van der Waals surface area contributed by atoms with Gasteiger partial charge in [-0.25, -0.2) is 0 Å². The second-order valence-corrected chi connectivity index (χ2v) is 6.09. The van der Waals surface area contributed by atoms with Crippen LogP contribution in [0.25, 0.3) is 32.3 Å². The number of halogens is 6. The molecule has 26 heavy (non-hydrogen) atoms. The molecule has 0 amide bonds. The molecule has 0 aliphatic carbocycles. The first kappa shape index (κ1) is 16.7. The van der Waals surface area contributed by atoms with Crippen molar-refractivity contribution in [3.05, 3.63) is 71.8 Å². The van der Waals surface area contributed by atoms with E-state index in [4.69, 9.17) is 0 Å². The van der Waals surface area contributed by atoms with Crippen LogP contribution in [-0.4, -0.2) is 0 Å². The summed E-state index contributed by atoms with van der Waals surface area (Å²) in [5.41, 5.74) is -1.58. The fraction of sp³-hybridized carbons (Fsp3) is 0.100. The van der Waals surface area contributed by atoms with Crippen LogP contribution in [0.15, 0.2) is 60.7 Å². The first-order valence-corrected chi connectivity index (χ1v) is 7.68. The summed E-state index contributed by atoms with van der Waals surface area (Å²) >= 11 is 0. The number of benzene rings is 4. The highest BCUT2D eigenvalue weighted by Gasteiger charge is 2.31. The smallest absolute Gasteiger partial charge is 0.166 e. The van der Waals surface area contributed by atoms with Gasteiger partial charge in [0.05, 0.1) is 11.1 Å². The Hall–Kier alpha value is -2.76. The Bertz CT molecular complexity index is 1060. The van der Waals surface area contributed by atoms with Crippen LogP contribution >= 0.6 is 0 Å². The van der Waals surface area contributed by atoms with E-state index in [2.05, 4.69) is 0 Å². The molecule has 0 aliphatic heterocycles. The fourth-order valence-electron chi connectivity index (χ4n) is 3.22. The molecular formula is C20H10F6. The van der Waals surface area contributed by atoms with Gasteiger partial charge in [-0.3, -0.25) is 0 Å². The normalized spacial score (nSPS) is 13.0. The lowest BCUT2D eigenvalue weighted by atomic mass is 9.95. The van der Waals surface area contributed by atoms with E-state index < -0.39 is 23.5 Å². The number of alkyl halides is 6. The lowest BCUT2D eigenvalue weighted by Crippen LogP contribution is -2.04. The van der Waals surface area contributed by atoms with E-state index in [1.807, 2.05) is 0 Å². The van der Waals surface area contributed by atoms with Gasteiger partial charge in [0.25, 0.3) is 0 Å². The van der Waals surface area contributed by atoms with Gasteiger partial charge in [-0.05, 0) is 56.6 Å².